The Morgan fingerprint density at radius 3 is 2.10 bits per heavy atom. The molecule has 0 radical (unpaired) electrons. The fraction of sp³-hybridized carbons (Fsp3) is 0.481. The number of carbonyl (C=O) groups is 2. The number of nitrogens with one attached hydrogen (secondary N) is 2. The molecule has 1 aliphatic carbocycles. The van der Waals surface area contributed by atoms with Gasteiger partial charge >= 0.3 is 12.1 Å². The SMILES string of the molecule is CC(C)[C@H](N)C(=O)OC[C@@H](NC(=O)[C@H]1CC[C@H](NS(=O)(=O)c2ccc(C(F)(F)F)cc2)CC1)c1ccccc1.Cl. The number of benzene rings is 2. The van der Waals surface area contributed by atoms with Crippen molar-refractivity contribution in [3.63, 3.8) is 0 Å². The molecule has 0 aromatic heterocycles. The van der Waals surface area contributed by atoms with Crippen molar-refractivity contribution in [1.82, 2.24) is 10.0 Å². The number of nitrogens with two attached hydrogens (primary N) is 1. The summed E-state index contributed by atoms with van der Waals surface area (Å²) in [5, 5.41) is 2.95. The molecule has 40 heavy (non-hydrogen) atoms. The Hall–Kier alpha value is -2.67. The van der Waals surface area contributed by atoms with Crippen LogP contribution >= 0.6 is 12.4 Å². The quantitative estimate of drug-likeness (QED) is 0.346. The van der Waals surface area contributed by atoms with Crippen molar-refractivity contribution in [3.05, 3.63) is 65.7 Å². The number of alkyl halides is 3. The molecule has 2 aromatic carbocycles. The van der Waals surface area contributed by atoms with E-state index in [1.165, 1.54) is 0 Å². The summed E-state index contributed by atoms with van der Waals surface area (Å²) in [6.07, 6.45) is -2.98. The third-order valence-electron chi connectivity index (χ3n) is 6.81. The average molecular weight is 606 g/mol. The molecule has 2 atom stereocenters. The fourth-order valence-electron chi connectivity index (χ4n) is 4.31. The lowest BCUT2D eigenvalue weighted by molar-refractivity contribution is -0.148. The molecule has 1 aliphatic rings. The van der Waals surface area contributed by atoms with Crippen LogP contribution in [0.25, 0.3) is 0 Å². The maximum Gasteiger partial charge on any atom is 0.416 e. The lowest BCUT2D eigenvalue weighted by Crippen LogP contribution is -2.43. The minimum Gasteiger partial charge on any atom is -0.462 e. The molecule has 2 aromatic rings. The van der Waals surface area contributed by atoms with E-state index in [1.807, 2.05) is 44.2 Å². The highest BCUT2D eigenvalue weighted by molar-refractivity contribution is 7.89. The highest BCUT2D eigenvalue weighted by Crippen LogP contribution is 2.30. The molecule has 0 saturated heterocycles. The van der Waals surface area contributed by atoms with Gasteiger partial charge in [0.2, 0.25) is 15.9 Å². The second-order valence-corrected chi connectivity index (χ2v) is 11.8. The summed E-state index contributed by atoms with van der Waals surface area (Å²) in [6.45, 7) is 3.53. The molecule has 0 heterocycles. The van der Waals surface area contributed by atoms with Gasteiger partial charge in [0, 0.05) is 12.0 Å². The summed E-state index contributed by atoms with van der Waals surface area (Å²) in [7, 11) is -4.02. The van der Waals surface area contributed by atoms with E-state index in [9.17, 15) is 31.2 Å². The predicted octanol–water partition coefficient (Wildman–Crippen LogP) is 4.35. The normalized spacial score (nSPS) is 19.3. The second-order valence-electron chi connectivity index (χ2n) is 10.1. The van der Waals surface area contributed by atoms with Crippen LogP contribution < -0.4 is 15.8 Å². The summed E-state index contributed by atoms with van der Waals surface area (Å²) in [4.78, 5) is 25.1. The molecule has 3 rings (SSSR count). The fourth-order valence-corrected chi connectivity index (χ4v) is 5.62. The van der Waals surface area contributed by atoms with Gasteiger partial charge in [-0.3, -0.25) is 9.59 Å². The first-order valence-electron chi connectivity index (χ1n) is 12.7. The summed E-state index contributed by atoms with van der Waals surface area (Å²) in [5.74, 6) is -1.27. The van der Waals surface area contributed by atoms with Gasteiger partial charge in [0.15, 0.2) is 0 Å². The van der Waals surface area contributed by atoms with Gasteiger partial charge < -0.3 is 15.8 Å². The number of amides is 1. The van der Waals surface area contributed by atoms with Crippen LogP contribution in [-0.4, -0.2) is 39.0 Å². The molecule has 1 amide bonds. The van der Waals surface area contributed by atoms with Gasteiger partial charge in [-0.2, -0.15) is 13.2 Å². The zero-order valence-corrected chi connectivity index (χ0v) is 23.8. The first kappa shape index (κ1) is 33.5. The molecule has 1 saturated carbocycles. The van der Waals surface area contributed by atoms with E-state index in [2.05, 4.69) is 10.0 Å². The summed E-state index contributed by atoms with van der Waals surface area (Å²) >= 11 is 0. The van der Waals surface area contributed by atoms with Crippen LogP contribution in [0.4, 0.5) is 13.2 Å². The Morgan fingerprint density at radius 1 is 1.00 bits per heavy atom. The lowest BCUT2D eigenvalue weighted by atomic mass is 9.85. The summed E-state index contributed by atoms with van der Waals surface area (Å²) in [6, 6.07) is 10.6. The first-order valence-corrected chi connectivity index (χ1v) is 14.2. The van der Waals surface area contributed by atoms with Gasteiger partial charge in [-0.15, -0.1) is 12.4 Å². The van der Waals surface area contributed by atoms with Crippen LogP contribution in [0.2, 0.25) is 0 Å². The van der Waals surface area contributed by atoms with E-state index in [-0.39, 0.29) is 41.7 Å². The Labute approximate surface area is 238 Å². The first-order chi connectivity index (χ1) is 18.3. The van der Waals surface area contributed by atoms with Crippen molar-refractivity contribution in [2.75, 3.05) is 6.61 Å². The van der Waals surface area contributed by atoms with Crippen molar-refractivity contribution in [2.24, 2.45) is 17.6 Å². The van der Waals surface area contributed by atoms with E-state index in [0.717, 1.165) is 29.8 Å². The van der Waals surface area contributed by atoms with Crippen LogP contribution in [0, 0.1) is 11.8 Å². The van der Waals surface area contributed by atoms with E-state index in [0.29, 0.717) is 25.7 Å². The molecule has 0 bridgehead atoms. The standard InChI is InChI=1S/C27H34F3N3O5S.ClH/c1-17(2)24(31)26(35)38-16-23(18-6-4-3-5-7-18)32-25(34)19-8-12-21(13-9-19)33-39(36,37)22-14-10-20(11-15-22)27(28,29)30;/h3-7,10-11,14-15,17,19,21,23-24,33H,8-9,12-13,16,31H2,1-2H3,(H,32,34);1H/t19-,21-,23-,24+;/m1./s1. The highest BCUT2D eigenvalue weighted by Gasteiger charge is 2.33. The van der Waals surface area contributed by atoms with Crippen LogP contribution in [-0.2, 0) is 30.5 Å². The van der Waals surface area contributed by atoms with Crippen LogP contribution in [0.15, 0.2) is 59.5 Å². The number of hydrogen-bond acceptors (Lipinski definition) is 6. The minimum atomic E-state index is -4.56. The van der Waals surface area contributed by atoms with Crippen molar-refractivity contribution in [1.29, 1.82) is 0 Å². The molecule has 0 aliphatic heterocycles. The van der Waals surface area contributed by atoms with Crippen molar-refractivity contribution in [2.45, 2.75) is 68.7 Å². The second kappa shape index (κ2) is 14.3. The number of rotatable bonds is 10. The number of carbonyl (C=O) groups excluding carboxylic acids is 2. The Kier molecular flexibility index (Phi) is 12.0. The van der Waals surface area contributed by atoms with Crippen molar-refractivity contribution >= 4 is 34.3 Å². The van der Waals surface area contributed by atoms with Gasteiger partial charge in [-0.1, -0.05) is 44.2 Å². The molecule has 1 fully saturated rings. The van der Waals surface area contributed by atoms with Gasteiger partial charge in [0.25, 0.3) is 0 Å². The van der Waals surface area contributed by atoms with Gasteiger partial charge in [-0.05, 0) is 61.4 Å². The third kappa shape index (κ3) is 9.18. The minimum absolute atomic E-state index is 0. The number of sulfonamides is 1. The molecule has 0 unspecified atom stereocenters. The molecule has 13 heteroatoms. The van der Waals surface area contributed by atoms with Crippen molar-refractivity contribution < 1.29 is 35.9 Å². The zero-order valence-electron chi connectivity index (χ0n) is 22.2. The number of ether oxygens (including phenoxy) is 1. The Balaban J connectivity index is 0.00000560. The summed E-state index contributed by atoms with van der Waals surface area (Å²) in [5.41, 5.74) is 5.69. The van der Waals surface area contributed by atoms with E-state index < -0.39 is 45.9 Å². The topological polar surface area (TPSA) is 128 Å². The summed E-state index contributed by atoms with van der Waals surface area (Å²) < 4.78 is 71.6. The van der Waals surface area contributed by atoms with Gasteiger partial charge in [-0.25, -0.2) is 13.1 Å². The van der Waals surface area contributed by atoms with Crippen LogP contribution in [0.5, 0.6) is 0 Å². The van der Waals surface area contributed by atoms with E-state index in [4.69, 9.17) is 10.5 Å². The van der Waals surface area contributed by atoms with Crippen LogP contribution in [0.3, 0.4) is 0 Å². The average Bonchev–Trinajstić information content (AvgIpc) is 2.90. The predicted molar refractivity (Wildman–Crippen MR) is 146 cm³/mol. The molecule has 4 N–H and O–H groups in total. The number of hydrogen-bond donors (Lipinski definition) is 3. The Morgan fingerprint density at radius 2 is 1.57 bits per heavy atom. The molecular formula is C27H35ClF3N3O5S. The van der Waals surface area contributed by atoms with E-state index >= 15 is 0 Å². The van der Waals surface area contributed by atoms with Gasteiger partial charge in [0.05, 0.1) is 16.5 Å². The monoisotopic (exact) mass is 605 g/mol. The zero-order chi connectivity index (χ0) is 28.8. The molecule has 8 nitrogen and oxygen atoms in total. The largest absolute Gasteiger partial charge is 0.462 e. The molecule has 222 valence electrons. The molecular weight excluding hydrogens is 571 g/mol. The Bertz CT molecular complexity index is 1220. The maximum absolute atomic E-state index is 13.1. The lowest BCUT2D eigenvalue weighted by Gasteiger charge is -2.30. The van der Waals surface area contributed by atoms with Crippen molar-refractivity contribution in [3.8, 4) is 0 Å². The van der Waals surface area contributed by atoms with E-state index in [1.54, 1.807) is 0 Å². The maximum atomic E-state index is 13.1. The van der Waals surface area contributed by atoms with Crippen LogP contribution in [0.1, 0.15) is 56.7 Å². The highest BCUT2D eigenvalue weighted by atomic mass is 35.5. The number of esters is 1. The third-order valence-corrected chi connectivity index (χ3v) is 8.35. The number of halogens is 4. The molecule has 0 spiro atoms. The van der Waals surface area contributed by atoms with Gasteiger partial charge in [0.1, 0.15) is 12.6 Å². The smallest absolute Gasteiger partial charge is 0.416 e.